The molecule has 5 heteroatoms. The number of nitrogens with one attached hydrogen (secondary N) is 1. The highest BCUT2D eigenvalue weighted by Gasteiger charge is 2.32. The van der Waals surface area contributed by atoms with E-state index in [-0.39, 0.29) is 0 Å². The second-order valence-electron chi connectivity index (χ2n) is 4.05. The van der Waals surface area contributed by atoms with Crippen LogP contribution in [0, 0.1) is 11.3 Å². The third-order valence-corrected chi connectivity index (χ3v) is 2.52. The standard InChI is InChI=1S/C12H15N3O2/c1-3-5-12(2,11(16)17)15-10-7-9(8-13)4-6-14-10/h4,6-7H,3,5H2,1-2H3,(H,14,15)(H,16,17). The van der Waals surface area contributed by atoms with E-state index in [9.17, 15) is 9.90 Å². The molecule has 2 N–H and O–H groups in total. The number of nitriles is 1. The van der Waals surface area contributed by atoms with Crippen LogP contribution in [0.1, 0.15) is 32.3 Å². The number of carboxylic acids is 1. The number of hydrogen-bond acceptors (Lipinski definition) is 4. The van der Waals surface area contributed by atoms with Crippen molar-refractivity contribution in [2.24, 2.45) is 0 Å². The first-order valence-corrected chi connectivity index (χ1v) is 5.39. The number of rotatable bonds is 5. The van der Waals surface area contributed by atoms with Crippen LogP contribution >= 0.6 is 0 Å². The Labute approximate surface area is 100 Å². The van der Waals surface area contributed by atoms with Crippen molar-refractivity contribution >= 4 is 11.8 Å². The maximum absolute atomic E-state index is 11.2. The molecule has 0 saturated heterocycles. The molecule has 1 aromatic heterocycles. The van der Waals surface area contributed by atoms with Crippen molar-refractivity contribution in [3.05, 3.63) is 23.9 Å². The van der Waals surface area contributed by atoms with Gasteiger partial charge in [-0.1, -0.05) is 13.3 Å². The maximum Gasteiger partial charge on any atom is 0.329 e. The van der Waals surface area contributed by atoms with Crippen molar-refractivity contribution in [1.29, 1.82) is 5.26 Å². The molecule has 1 heterocycles. The average molecular weight is 233 g/mol. The largest absolute Gasteiger partial charge is 0.480 e. The van der Waals surface area contributed by atoms with Crippen LogP contribution in [0.2, 0.25) is 0 Å². The Morgan fingerprint density at radius 2 is 2.41 bits per heavy atom. The number of pyridine rings is 1. The van der Waals surface area contributed by atoms with Crippen LogP contribution in [-0.4, -0.2) is 21.6 Å². The molecule has 0 aromatic carbocycles. The summed E-state index contributed by atoms with van der Waals surface area (Å²) in [5.74, 6) is -0.522. The second-order valence-corrected chi connectivity index (χ2v) is 4.05. The van der Waals surface area contributed by atoms with Gasteiger partial charge >= 0.3 is 5.97 Å². The zero-order chi connectivity index (χ0) is 12.9. The van der Waals surface area contributed by atoms with Gasteiger partial charge in [0.15, 0.2) is 0 Å². The summed E-state index contributed by atoms with van der Waals surface area (Å²) < 4.78 is 0. The lowest BCUT2D eigenvalue weighted by Gasteiger charge is -2.26. The molecule has 1 rings (SSSR count). The summed E-state index contributed by atoms with van der Waals surface area (Å²) >= 11 is 0. The number of aliphatic carboxylic acids is 1. The molecule has 1 aromatic rings. The summed E-state index contributed by atoms with van der Waals surface area (Å²) in [6.07, 6.45) is 2.71. The van der Waals surface area contributed by atoms with Gasteiger partial charge in [-0.05, 0) is 25.5 Å². The number of nitrogens with zero attached hydrogens (tertiary/aromatic N) is 2. The van der Waals surface area contributed by atoms with Gasteiger partial charge in [0.1, 0.15) is 11.4 Å². The van der Waals surface area contributed by atoms with Gasteiger partial charge in [0.05, 0.1) is 11.6 Å². The van der Waals surface area contributed by atoms with Crippen molar-refractivity contribution in [3.63, 3.8) is 0 Å². The van der Waals surface area contributed by atoms with Crippen molar-refractivity contribution in [1.82, 2.24) is 4.98 Å². The van der Waals surface area contributed by atoms with Crippen LogP contribution in [0.25, 0.3) is 0 Å². The summed E-state index contributed by atoms with van der Waals surface area (Å²) in [7, 11) is 0. The maximum atomic E-state index is 11.2. The molecule has 0 aliphatic rings. The Kier molecular flexibility index (Phi) is 4.05. The Hall–Kier alpha value is -2.09. The van der Waals surface area contributed by atoms with E-state index in [1.54, 1.807) is 13.0 Å². The lowest BCUT2D eigenvalue weighted by Crippen LogP contribution is -2.43. The van der Waals surface area contributed by atoms with Gasteiger partial charge in [-0.25, -0.2) is 9.78 Å². The van der Waals surface area contributed by atoms with Crippen molar-refractivity contribution in [2.75, 3.05) is 5.32 Å². The average Bonchev–Trinajstić information content (AvgIpc) is 2.29. The van der Waals surface area contributed by atoms with E-state index in [4.69, 9.17) is 5.26 Å². The highest BCUT2D eigenvalue weighted by molar-refractivity contribution is 5.81. The molecule has 17 heavy (non-hydrogen) atoms. The summed E-state index contributed by atoms with van der Waals surface area (Å²) in [4.78, 5) is 15.2. The fraction of sp³-hybridized carbons (Fsp3) is 0.417. The van der Waals surface area contributed by atoms with Gasteiger partial charge in [0.2, 0.25) is 0 Å². The smallest absolute Gasteiger partial charge is 0.329 e. The van der Waals surface area contributed by atoms with Gasteiger partial charge in [-0.15, -0.1) is 0 Å². The molecular weight excluding hydrogens is 218 g/mol. The zero-order valence-corrected chi connectivity index (χ0v) is 9.90. The fourth-order valence-electron chi connectivity index (χ4n) is 1.57. The highest BCUT2D eigenvalue weighted by atomic mass is 16.4. The van der Waals surface area contributed by atoms with Gasteiger partial charge in [0.25, 0.3) is 0 Å². The highest BCUT2D eigenvalue weighted by Crippen LogP contribution is 2.19. The number of hydrogen-bond donors (Lipinski definition) is 2. The number of carboxylic acid groups (broad SMARTS) is 1. The van der Waals surface area contributed by atoms with Crippen LogP contribution in [-0.2, 0) is 4.79 Å². The molecule has 0 saturated carbocycles. The monoisotopic (exact) mass is 233 g/mol. The predicted molar refractivity (Wildman–Crippen MR) is 63.5 cm³/mol. The Bertz CT molecular complexity index is 453. The zero-order valence-electron chi connectivity index (χ0n) is 9.90. The molecule has 0 fully saturated rings. The fourth-order valence-corrected chi connectivity index (χ4v) is 1.57. The first kappa shape index (κ1) is 13.0. The lowest BCUT2D eigenvalue weighted by molar-refractivity contribution is -0.142. The van der Waals surface area contributed by atoms with Crippen LogP contribution in [0.4, 0.5) is 5.82 Å². The molecule has 5 nitrogen and oxygen atoms in total. The van der Waals surface area contributed by atoms with E-state index in [0.717, 1.165) is 6.42 Å². The Morgan fingerprint density at radius 3 is 2.94 bits per heavy atom. The molecule has 1 atom stereocenters. The van der Waals surface area contributed by atoms with Gasteiger partial charge in [0, 0.05) is 6.20 Å². The summed E-state index contributed by atoms with van der Waals surface area (Å²) in [5.41, 5.74) is -0.609. The van der Waals surface area contributed by atoms with Crippen molar-refractivity contribution < 1.29 is 9.90 Å². The van der Waals surface area contributed by atoms with E-state index >= 15 is 0 Å². The summed E-state index contributed by atoms with van der Waals surface area (Å²) in [5, 5.41) is 20.8. The molecule has 0 aliphatic carbocycles. The van der Waals surface area contributed by atoms with Gasteiger partial charge < -0.3 is 10.4 Å². The molecule has 0 amide bonds. The molecule has 0 radical (unpaired) electrons. The van der Waals surface area contributed by atoms with Gasteiger partial charge in [-0.3, -0.25) is 0 Å². The van der Waals surface area contributed by atoms with E-state index < -0.39 is 11.5 Å². The Morgan fingerprint density at radius 1 is 1.71 bits per heavy atom. The number of aromatic nitrogens is 1. The topological polar surface area (TPSA) is 86.0 Å². The molecular formula is C12H15N3O2. The molecule has 0 aliphatic heterocycles. The Balaban J connectivity index is 2.94. The van der Waals surface area contributed by atoms with Crippen LogP contribution in [0.3, 0.4) is 0 Å². The lowest BCUT2D eigenvalue weighted by atomic mass is 9.96. The number of anilines is 1. The summed E-state index contributed by atoms with van der Waals surface area (Å²) in [6, 6.07) is 5.10. The minimum atomic E-state index is -1.06. The third-order valence-electron chi connectivity index (χ3n) is 2.52. The van der Waals surface area contributed by atoms with Crippen LogP contribution in [0.15, 0.2) is 18.3 Å². The normalized spacial score (nSPS) is 13.5. The van der Waals surface area contributed by atoms with Crippen molar-refractivity contribution in [2.45, 2.75) is 32.2 Å². The van der Waals surface area contributed by atoms with E-state index in [1.165, 1.54) is 12.3 Å². The van der Waals surface area contributed by atoms with Crippen LogP contribution < -0.4 is 5.32 Å². The summed E-state index contributed by atoms with van der Waals surface area (Å²) in [6.45, 7) is 3.53. The minimum absolute atomic E-state index is 0.405. The molecule has 90 valence electrons. The first-order valence-electron chi connectivity index (χ1n) is 5.39. The van der Waals surface area contributed by atoms with Crippen LogP contribution in [0.5, 0.6) is 0 Å². The second kappa shape index (κ2) is 5.30. The third kappa shape index (κ3) is 3.18. The quantitative estimate of drug-likeness (QED) is 0.812. The SMILES string of the molecule is CCCC(C)(Nc1cc(C#N)ccn1)C(=O)O. The minimum Gasteiger partial charge on any atom is -0.480 e. The first-order chi connectivity index (χ1) is 8.01. The molecule has 1 unspecified atom stereocenters. The molecule has 0 bridgehead atoms. The van der Waals surface area contributed by atoms with E-state index in [2.05, 4.69) is 10.3 Å². The van der Waals surface area contributed by atoms with Gasteiger partial charge in [-0.2, -0.15) is 5.26 Å². The van der Waals surface area contributed by atoms with Crippen molar-refractivity contribution in [3.8, 4) is 6.07 Å². The number of carbonyl (C=O) groups is 1. The van der Waals surface area contributed by atoms with E-state index in [1.807, 2.05) is 13.0 Å². The molecule has 0 spiro atoms. The predicted octanol–water partition coefficient (Wildman–Crippen LogP) is 2.01. The van der Waals surface area contributed by atoms with E-state index in [0.29, 0.717) is 17.8 Å².